The second-order valence-electron chi connectivity index (χ2n) is 3.38. The fourth-order valence-corrected chi connectivity index (χ4v) is 1.89. The molecule has 0 bridgehead atoms. The molecule has 82 valence electrons. The van der Waals surface area contributed by atoms with Crippen LogP contribution in [0.5, 0.6) is 5.75 Å². The number of halogens is 1. The zero-order valence-electron chi connectivity index (χ0n) is 9.20. The van der Waals surface area contributed by atoms with Crippen LogP contribution in [-0.2, 0) is 0 Å². The van der Waals surface area contributed by atoms with E-state index in [1.807, 2.05) is 36.4 Å². The molecule has 0 spiro atoms. The van der Waals surface area contributed by atoms with E-state index in [1.165, 1.54) is 0 Å². The first kappa shape index (κ1) is 11.0. The number of hydrogen-bond donors (Lipinski definition) is 0. The first-order valence-electron chi connectivity index (χ1n) is 4.96. The third-order valence-electron chi connectivity index (χ3n) is 2.50. The van der Waals surface area contributed by atoms with E-state index in [2.05, 4.69) is 4.99 Å². The van der Waals surface area contributed by atoms with Crippen LogP contribution < -0.4 is 4.74 Å². The molecule has 0 aliphatic rings. The Balaban J connectivity index is 2.78. The summed E-state index contributed by atoms with van der Waals surface area (Å²) >= 11 is 6.04. The normalized spacial score (nSPS) is 11.8. The van der Waals surface area contributed by atoms with Gasteiger partial charge in [-0.1, -0.05) is 41.9 Å². The summed E-state index contributed by atoms with van der Waals surface area (Å²) in [6.45, 7) is 0. The van der Waals surface area contributed by atoms with Gasteiger partial charge in [-0.3, -0.25) is 4.99 Å². The van der Waals surface area contributed by atoms with Gasteiger partial charge in [-0.05, 0) is 11.5 Å². The van der Waals surface area contributed by atoms with Gasteiger partial charge in [0.05, 0.1) is 12.7 Å². The highest BCUT2D eigenvalue weighted by Gasteiger charge is 2.10. The van der Waals surface area contributed by atoms with Gasteiger partial charge in [-0.15, -0.1) is 0 Å². The molecule has 0 N–H and O–H groups in total. The summed E-state index contributed by atoms with van der Waals surface area (Å²) in [6.07, 6.45) is 0. The minimum absolute atomic E-state index is 0.461. The van der Waals surface area contributed by atoms with Crippen molar-refractivity contribution in [1.82, 2.24) is 0 Å². The van der Waals surface area contributed by atoms with E-state index >= 15 is 0 Å². The molecule has 2 rings (SSSR count). The molecule has 0 unspecified atom stereocenters. The molecule has 0 saturated heterocycles. The fourth-order valence-electron chi connectivity index (χ4n) is 1.75. The van der Waals surface area contributed by atoms with Crippen LogP contribution in [-0.4, -0.2) is 19.3 Å². The number of ether oxygens (including phenoxy) is 1. The lowest BCUT2D eigenvalue weighted by atomic mass is 10.1. The summed E-state index contributed by atoms with van der Waals surface area (Å²) in [5.41, 5.74) is 0.824. The fraction of sp³-hybridized carbons (Fsp3) is 0.154. The average molecular weight is 234 g/mol. The number of rotatable bonds is 2. The minimum Gasteiger partial charge on any atom is -0.495 e. The highest BCUT2D eigenvalue weighted by molar-refractivity contribution is 6.70. The number of benzene rings is 2. The Morgan fingerprint density at radius 3 is 2.62 bits per heavy atom. The number of aliphatic imine (C=N–C) groups is 1. The molecular weight excluding hydrogens is 222 g/mol. The summed E-state index contributed by atoms with van der Waals surface area (Å²) in [5, 5.41) is 2.63. The third-order valence-corrected chi connectivity index (χ3v) is 2.87. The van der Waals surface area contributed by atoms with E-state index in [0.29, 0.717) is 5.17 Å². The summed E-state index contributed by atoms with van der Waals surface area (Å²) in [6, 6.07) is 12.0. The lowest BCUT2D eigenvalue weighted by molar-refractivity contribution is 0.419. The Bertz CT molecular complexity index is 549. The Morgan fingerprint density at radius 2 is 1.94 bits per heavy atom. The first-order valence-corrected chi connectivity index (χ1v) is 5.34. The molecule has 0 radical (unpaired) electrons. The molecule has 0 aliphatic carbocycles. The minimum atomic E-state index is 0.461. The van der Waals surface area contributed by atoms with Gasteiger partial charge in [-0.25, -0.2) is 0 Å². The lowest BCUT2D eigenvalue weighted by Crippen LogP contribution is -1.97. The molecule has 2 aromatic rings. The van der Waals surface area contributed by atoms with E-state index in [4.69, 9.17) is 16.3 Å². The van der Waals surface area contributed by atoms with Crippen molar-refractivity contribution in [2.45, 2.75) is 0 Å². The predicted molar refractivity (Wildman–Crippen MR) is 68.8 cm³/mol. The van der Waals surface area contributed by atoms with Gasteiger partial charge in [0.15, 0.2) is 0 Å². The Labute approximate surface area is 99.5 Å². The average Bonchev–Trinajstić information content (AvgIpc) is 2.36. The summed E-state index contributed by atoms with van der Waals surface area (Å²) < 4.78 is 5.42. The van der Waals surface area contributed by atoms with Gasteiger partial charge in [-0.2, -0.15) is 0 Å². The zero-order chi connectivity index (χ0) is 11.5. The summed E-state index contributed by atoms with van der Waals surface area (Å²) in [4.78, 5) is 3.98. The SMILES string of the molecule is C/N=C(\Cl)c1ccc2ccccc2c1OC. The molecule has 2 aromatic carbocycles. The van der Waals surface area contributed by atoms with Crippen molar-refractivity contribution in [3.05, 3.63) is 42.0 Å². The van der Waals surface area contributed by atoms with Crippen molar-refractivity contribution in [3.63, 3.8) is 0 Å². The molecule has 16 heavy (non-hydrogen) atoms. The van der Waals surface area contributed by atoms with Gasteiger partial charge in [0, 0.05) is 12.4 Å². The molecule has 0 saturated carbocycles. The molecular formula is C13H12ClNO. The molecule has 0 aromatic heterocycles. The second-order valence-corrected chi connectivity index (χ2v) is 3.74. The first-order chi connectivity index (χ1) is 7.77. The maximum absolute atomic E-state index is 6.04. The van der Waals surface area contributed by atoms with Crippen LogP contribution in [0.3, 0.4) is 0 Å². The molecule has 0 amide bonds. The van der Waals surface area contributed by atoms with Crippen LogP contribution in [0.15, 0.2) is 41.4 Å². The van der Waals surface area contributed by atoms with Gasteiger partial charge in [0.1, 0.15) is 10.9 Å². The van der Waals surface area contributed by atoms with Gasteiger partial charge >= 0.3 is 0 Å². The summed E-state index contributed by atoms with van der Waals surface area (Å²) in [5.74, 6) is 0.772. The van der Waals surface area contributed by atoms with Crippen LogP contribution in [0.4, 0.5) is 0 Å². The molecule has 0 fully saturated rings. The topological polar surface area (TPSA) is 21.6 Å². The van der Waals surface area contributed by atoms with Crippen molar-refractivity contribution < 1.29 is 4.74 Å². The maximum atomic E-state index is 6.04. The third kappa shape index (κ3) is 1.76. The Kier molecular flexibility index (Phi) is 3.11. The lowest BCUT2D eigenvalue weighted by Gasteiger charge is -2.10. The van der Waals surface area contributed by atoms with Gasteiger partial charge < -0.3 is 4.74 Å². The second kappa shape index (κ2) is 4.54. The van der Waals surface area contributed by atoms with Gasteiger partial charge in [0.25, 0.3) is 0 Å². The smallest absolute Gasteiger partial charge is 0.136 e. The molecule has 0 aliphatic heterocycles. The maximum Gasteiger partial charge on any atom is 0.136 e. The van der Waals surface area contributed by atoms with E-state index in [9.17, 15) is 0 Å². The Morgan fingerprint density at radius 1 is 1.19 bits per heavy atom. The number of hydrogen-bond acceptors (Lipinski definition) is 2. The quantitative estimate of drug-likeness (QED) is 0.728. The number of methoxy groups -OCH3 is 1. The standard InChI is InChI=1S/C13H12ClNO/c1-15-13(14)11-8-7-9-5-3-4-6-10(9)12(11)16-2/h3-8H,1-2H3/b15-13-. The van der Waals surface area contributed by atoms with E-state index in [1.54, 1.807) is 14.2 Å². The van der Waals surface area contributed by atoms with Crippen LogP contribution in [0.25, 0.3) is 10.8 Å². The summed E-state index contributed by atoms with van der Waals surface area (Å²) in [7, 11) is 3.31. The highest BCUT2D eigenvalue weighted by atomic mass is 35.5. The predicted octanol–water partition coefficient (Wildman–Crippen LogP) is 3.46. The van der Waals surface area contributed by atoms with E-state index in [-0.39, 0.29) is 0 Å². The van der Waals surface area contributed by atoms with Crippen molar-refractivity contribution in [2.24, 2.45) is 4.99 Å². The van der Waals surface area contributed by atoms with Crippen molar-refractivity contribution in [1.29, 1.82) is 0 Å². The molecule has 2 nitrogen and oxygen atoms in total. The number of fused-ring (bicyclic) bond motifs is 1. The van der Waals surface area contributed by atoms with Crippen molar-refractivity contribution >= 4 is 27.5 Å². The highest BCUT2D eigenvalue weighted by Crippen LogP contribution is 2.30. The van der Waals surface area contributed by atoms with Crippen LogP contribution >= 0.6 is 11.6 Å². The largest absolute Gasteiger partial charge is 0.495 e. The Hall–Kier alpha value is -1.54. The van der Waals surface area contributed by atoms with E-state index in [0.717, 1.165) is 22.1 Å². The molecule has 0 heterocycles. The monoisotopic (exact) mass is 233 g/mol. The van der Waals surface area contributed by atoms with Crippen molar-refractivity contribution in [2.75, 3.05) is 14.2 Å². The zero-order valence-corrected chi connectivity index (χ0v) is 9.95. The van der Waals surface area contributed by atoms with Crippen molar-refractivity contribution in [3.8, 4) is 5.75 Å². The molecule has 0 atom stereocenters. The van der Waals surface area contributed by atoms with Crippen LogP contribution in [0.2, 0.25) is 0 Å². The van der Waals surface area contributed by atoms with Gasteiger partial charge in [0.2, 0.25) is 0 Å². The van der Waals surface area contributed by atoms with Crippen LogP contribution in [0, 0.1) is 0 Å². The number of nitrogens with zero attached hydrogens (tertiary/aromatic N) is 1. The van der Waals surface area contributed by atoms with E-state index < -0.39 is 0 Å². The molecule has 3 heteroatoms. The van der Waals surface area contributed by atoms with Crippen LogP contribution in [0.1, 0.15) is 5.56 Å².